The van der Waals surface area contributed by atoms with Crippen molar-refractivity contribution >= 4 is 11.0 Å². The summed E-state index contributed by atoms with van der Waals surface area (Å²) in [6, 6.07) is 8.02. The van der Waals surface area contributed by atoms with Gasteiger partial charge in [0, 0.05) is 12.1 Å². The Morgan fingerprint density at radius 1 is 0.762 bits per heavy atom. The smallest absolute Gasteiger partial charge is 0.229 e. The molecule has 0 aliphatic carbocycles. The van der Waals surface area contributed by atoms with E-state index < -0.39 is 85.8 Å². The van der Waals surface area contributed by atoms with Gasteiger partial charge in [-0.1, -0.05) is 12.1 Å². The van der Waals surface area contributed by atoms with Crippen LogP contribution in [0.1, 0.15) is 0 Å². The molecule has 2 saturated heterocycles. The molecule has 5 rings (SSSR count). The average Bonchev–Trinajstić information content (AvgIpc) is 2.97. The molecular weight excluding hydrogens is 564 g/mol. The average molecular weight is 595 g/mol. The lowest BCUT2D eigenvalue weighted by Gasteiger charge is -2.45. The van der Waals surface area contributed by atoms with Crippen LogP contribution in [-0.2, 0) is 14.2 Å². The summed E-state index contributed by atoms with van der Waals surface area (Å²) in [5, 5.41) is 90.4. The summed E-state index contributed by atoms with van der Waals surface area (Å²) in [7, 11) is 0. The lowest BCUT2D eigenvalue weighted by atomic mass is 9.97. The number of aliphatic hydroxyl groups excluding tert-OH is 7. The van der Waals surface area contributed by atoms with Gasteiger partial charge < -0.3 is 69.3 Å². The van der Waals surface area contributed by atoms with E-state index in [1.807, 2.05) is 0 Å². The number of aliphatic hydroxyl groups is 7. The van der Waals surface area contributed by atoms with Gasteiger partial charge in [0.1, 0.15) is 77.2 Å². The first-order chi connectivity index (χ1) is 20.0. The molecule has 3 aromatic rings. The second-order valence-corrected chi connectivity index (χ2v) is 9.96. The first-order valence-corrected chi connectivity index (χ1v) is 12.9. The fourth-order valence-electron chi connectivity index (χ4n) is 4.90. The molecule has 10 atom stereocenters. The van der Waals surface area contributed by atoms with Crippen LogP contribution in [0.15, 0.2) is 51.9 Å². The second kappa shape index (κ2) is 12.1. The second-order valence-electron chi connectivity index (χ2n) is 9.96. The Labute approximate surface area is 236 Å². The summed E-state index contributed by atoms with van der Waals surface area (Å²) in [5.74, 6) is -0.624. The molecule has 1 aromatic heterocycles. The van der Waals surface area contributed by atoms with Gasteiger partial charge in [0.2, 0.25) is 11.7 Å². The molecule has 0 amide bonds. The molecule has 0 unspecified atom stereocenters. The minimum Gasteiger partial charge on any atom is -0.508 e. The Morgan fingerprint density at radius 2 is 1.38 bits per heavy atom. The van der Waals surface area contributed by atoms with Gasteiger partial charge in [-0.2, -0.15) is 0 Å². The number of ether oxygens (including phenoxy) is 4. The Hall–Kier alpha value is -3.35. The number of hydrogen-bond acceptors (Lipinski definition) is 15. The van der Waals surface area contributed by atoms with Gasteiger partial charge in [0.15, 0.2) is 12.4 Å². The van der Waals surface area contributed by atoms with Crippen LogP contribution in [0, 0.1) is 0 Å². The van der Waals surface area contributed by atoms with Gasteiger partial charge in [-0.3, -0.25) is 4.79 Å². The first kappa shape index (κ1) is 30.1. The van der Waals surface area contributed by atoms with Crippen LogP contribution in [0.4, 0.5) is 0 Å². The van der Waals surface area contributed by atoms with Crippen LogP contribution in [-0.4, -0.2) is 121 Å². The molecule has 3 heterocycles. The fraction of sp³-hybridized carbons (Fsp3) is 0.444. The summed E-state index contributed by atoms with van der Waals surface area (Å²) in [4.78, 5) is 13.0. The number of aromatic hydroxyl groups is 2. The van der Waals surface area contributed by atoms with Crippen LogP contribution >= 0.6 is 0 Å². The predicted molar refractivity (Wildman–Crippen MR) is 138 cm³/mol. The molecule has 9 N–H and O–H groups in total. The molecule has 0 spiro atoms. The maximum absolute atomic E-state index is 13.0. The summed E-state index contributed by atoms with van der Waals surface area (Å²) in [6.45, 7) is -1.43. The number of rotatable bonds is 7. The van der Waals surface area contributed by atoms with E-state index in [1.54, 1.807) is 0 Å². The molecule has 0 bridgehead atoms. The van der Waals surface area contributed by atoms with Crippen molar-refractivity contribution in [3.63, 3.8) is 0 Å². The van der Waals surface area contributed by atoms with Gasteiger partial charge in [-0.05, 0) is 17.7 Å². The summed E-state index contributed by atoms with van der Waals surface area (Å²) >= 11 is 0. The van der Waals surface area contributed by atoms with E-state index in [-0.39, 0.29) is 28.0 Å². The standard InChI is InChI=1S/C27H30O15/c28-7-16-20(33)22(35)24(37)26(40-16)42-25-23(36)21(34)17(8-29)41-27(25)39-12-3-1-10(2-4-12)13-9-38-15-6-11(30)5-14(31)18(15)19(13)32/h1-6,9,16-17,20-31,33-37H,7-8H2/t16-,17-,20-,21-,22+,23+,24-,25-,26+,27-/m1/s1. The molecular formula is C27H30O15. The van der Waals surface area contributed by atoms with Crippen molar-refractivity contribution in [3.8, 4) is 28.4 Å². The van der Waals surface area contributed by atoms with Gasteiger partial charge in [0.25, 0.3) is 0 Å². The number of fused-ring (bicyclic) bond motifs is 1. The van der Waals surface area contributed by atoms with Gasteiger partial charge in [0.05, 0.1) is 18.8 Å². The topological polar surface area (TPSA) is 249 Å². The minimum absolute atomic E-state index is 0.0136. The third-order valence-corrected chi connectivity index (χ3v) is 7.22. The van der Waals surface area contributed by atoms with Crippen LogP contribution in [0.3, 0.4) is 0 Å². The molecule has 2 aromatic carbocycles. The fourth-order valence-corrected chi connectivity index (χ4v) is 4.90. The third-order valence-electron chi connectivity index (χ3n) is 7.22. The largest absolute Gasteiger partial charge is 0.508 e. The minimum atomic E-state index is -1.82. The van der Waals surface area contributed by atoms with E-state index in [2.05, 4.69) is 0 Å². The van der Waals surface area contributed by atoms with Crippen LogP contribution in [0.25, 0.3) is 22.1 Å². The highest BCUT2D eigenvalue weighted by molar-refractivity contribution is 5.88. The molecule has 0 radical (unpaired) electrons. The maximum atomic E-state index is 13.0. The maximum Gasteiger partial charge on any atom is 0.229 e. The number of hydrogen-bond donors (Lipinski definition) is 9. The normalized spacial score (nSPS) is 33.5. The zero-order valence-electron chi connectivity index (χ0n) is 21.7. The van der Waals surface area contributed by atoms with E-state index in [0.717, 1.165) is 12.3 Å². The van der Waals surface area contributed by atoms with Crippen LogP contribution in [0.2, 0.25) is 0 Å². The zero-order chi connectivity index (χ0) is 30.3. The lowest BCUT2D eigenvalue weighted by molar-refractivity contribution is -0.357. The quantitative estimate of drug-likeness (QED) is 0.142. The molecule has 15 heteroatoms. The number of benzene rings is 2. The Bertz CT molecular complexity index is 1440. The highest BCUT2D eigenvalue weighted by atomic mass is 16.8. The zero-order valence-corrected chi connectivity index (χ0v) is 21.7. The Kier molecular flexibility index (Phi) is 8.68. The van der Waals surface area contributed by atoms with Crippen molar-refractivity contribution in [2.24, 2.45) is 0 Å². The molecule has 2 fully saturated rings. The van der Waals surface area contributed by atoms with E-state index in [4.69, 9.17) is 23.4 Å². The van der Waals surface area contributed by atoms with E-state index >= 15 is 0 Å². The van der Waals surface area contributed by atoms with Crippen LogP contribution < -0.4 is 10.2 Å². The Morgan fingerprint density at radius 3 is 2.02 bits per heavy atom. The van der Waals surface area contributed by atoms with Crippen molar-refractivity contribution < 1.29 is 69.3 Å². The molecule has 0 saturated carbocycles. The van der Waals surface area contributed by atoms with E-state index in [0.29, 0.717) is 5.56 Å². The monoisotopic (exact) mass is 594 g/mol. The lowest BCUT2D eigenvalue weighted by Crippen LogP contribution is -2.65. The third kappa shape index (κ3) is 5.55. The molecule has 42 heavy (non-hydrogen) atoms. The summed E-state index contributed by atoms with van der Waals surface area (Å²) < 4.78 is 27.8. The Balaban J connectivity index is 1.39. The summed E-state index contributed by atoms with van der Waals surface area (Å²) in [5.41, 5.74) is -0.117. The van der Waals surface area contributed by atoms with Crippen molar-refractivity contribution in [2.75, 3.05) is 13.2 Å². The van der Waals surface area contributed by atoms with E-state index in [9.17, 15) is 50.8 Å². The van der Waals surface area contributed by atoms with E-state index in [1.165, 1.54) is 30.3 Å². The SMILES string of the molecule is O=c1c(-c2ccc(O[C@@H]3O[C@H](CO)[C@@H](O)[C@H](O)[C@H]3O[C@@H]3O[C@H](CO)[C@@H](O)[C@H](O)[C@H]3O)cc2)coc2cc(O)cc(O)c12. The predicted octanol–water partition coefficient (Wildman–Crippen LogP) is -2.13. The van der Waals surface area contributed by atoms with Gasteiger partial charge >= 0.3 is 0 Å². The molecule has 2 aliphatic heterocycles. The van der Waals surface area contributed by atoms with Crippen molar-refractivity contribution in [1.29, 1.82) is 0 Å². The van der Waals surface area contributed by atoms with Crippen molar-refractivity contribution in [2.45, 2.75) is 61.4 Å². The first-order valence-electron chi connectivity index (χ1n) is 12.9. The van der Waals surface area contributed by atoms with Gasteiger partial charge in [-0.15, -0.1) is 0 Å². The highest BCUT2D eigenvalue weighted by Crippen LogP contribution is 2.33. The number of phenols is 2. The molecule has 2 aliphatic rings. The van der Waals surface area contributed by atoms with Crippen LogP contribution in [0.5, 0.6) is 17.2 Å². The highest BCUT2D eigenvalue weighted by Gasteiger charge is 2.51. The molecule has 228 valence electrons. The molecule has 15 nitrogen and oxygen atoms in total. The van der Waals surface area contributed by atoms with Crippen molar-refractivity contribution in [1.82, 2.24) is 0 Å². The summed E-state index contributed by atoms with van der Waals surface area (Å²) in [6.07, 6.45) is -14.9. The number of phenolic OH excluding ortho intramolecular Hbond substituents is 2. The van der Waals surface area contributed by atoms with Crippen molar-refractivity contribution in [3.05, 3.63) is 52.9 Å². The van der Waals surface area contributed by atoms with Gasteiger partial charge in [-0.25, -0.2) is 0 Å².